The van der Waals surface area contributed by atoms with Gasteiger partial charge < -0.3 is 10.4 Å². The number of hydrogen-bond donors (Lipinski definition) is 2. The summed E-state index contributed by atoms with van der Waals surface area (Å²) in [6, 6.07) is 14.2. The standard InChI is InChI=1S/C17H14N2O2/c1-11-4-6-15(16(20)9-11)19-17(21)13-5-7-14-12(10-13)3-2-8-18-14/h2-10,20H,1H3,(H,19,21). The van der Waals surface area contributed by atoms with Crippen molar-refractivity contribution < 1.29 is 9.90 Å². The molecule has 3 aromatic rings. The molecule has 104 valence electrons. The number of aromatic hydroxyl groups is 1. The Balaban J connectivity index is 1.89. The van der Waals surface area contributed by atoms with E-state index in [1.807, 2.05) is 25.1 Å². The first-order valence-corrected chi connectivity index (χ1v) is 6.59. The number of benzene rings is 2. The summed E-state index contributed by atoms with van der Waals surface area (Å²) in [5, 5.41) is 13.4. The Kier molecular flexibility index (Phi) is 3.28. The number of carbonyl (C=O) groups excluding carboxylic acids is 1. The molecule has 1 heterocycles. The minimum absolute atomic E-state index is 0.0609. The summed E-state index contributed by atoms with van der Waals surface area (Å²) < 4.78 is 0. The van der Waals surface area contributed by atoms with Gasteiger partial charge in [-0.2, -0.15) is 0 Å². The predicted molar refractivity (Wildman–Crippen MR) is 82.5 cm³/mol. The van der Waals surface area contributed by atoms with Crippen LogP contribution in [-0.4, -0.2) is 16.0 Å². The number of carbonyl (C=O) groups is 1. The molecule has 0 bridgehead atoms. The molecule has 0 spiro atoms. The van der Waals surface area contributed by atoms with E-state index >= 15 is 0 Å². The second-order valence-corrected chi connectivity index (χ2v) is 4.89. The lowest BCUT2D eigenvalue weighted by Crippen LogP contribution is -2.12. The number of pyridine rings is 1. The van der Waals surface area contributed by atoms with Crippen molar-refractivity contribution in [1.29, 1.82) is 0 Å². The number of hydrogen-bond acceptors (Lipinski definition) is 3. The van der Waals surface area contributed by atoms with Crippen molar-refractivity contribution in [3.05, 3.63) is 65.9 Å². The Hall–Kier alpha value is -2.88. The smallest absolute Gasteiger partial charge is 0.255 e. The van der Waals surface area contributed by atoms with Crippen molar-refractivity contribution in [2.24, 2.45) is 0 Å². The van der Waals surface area contributed by atoms with Crippen LogP contribution in [0.15, 0.2) is 54.7 Å². The molecule has 0 aliphatic rings. The zero-order valence-electron chi connectivity index (χ0n) is 11.5. The van der Waals surface area contributed by atoms with E-state index < -0.39 is 0 Å². The highest BCUT2D eigenvalue weighted by Gasteiger charge is 2.09. The molecule has 21 heavy (non-hydrogen) atoms. The van der Waals surface area contributed by atoms with Gasteiger partial charge in [-0.3, -0.25) is 9.78 Å². The second kappa shape index (κ2) is 5.25. The van der Waals surface area contributed by atoms with Crippen LogP contribution in [0.4, 0.5) is 5.69 Å². The van der Waals surface area contributed by atoms with Crippen molar-refractivity contribution in [2.45, 2.75) is 6.92 Å². The van der Waals surface area contributed by atoms with Gasteiger partial charge in [0, 0.05) is 17.1 Å². The lowest BCUT2D eigenvalue weighted by Gasteiger charge is -2.08. The number of phenols is 1. The maximum atomic E-state index is 12.3. The highest BCUT2D eigenvalue weighted by Crippen LogP contribution is 2.24. The number of fused-ring (bicyclic) bond motifs is 1. The van der Waals surface area contributed by atoms with Gasteiger partial charge in [-0.05, 0) is 48.9 Å². The molecule has 3 rings (SSSR count). The minimum Gasteiger partial charge on any atom is -0.506 e. The molecule has 1 aromatic heterocycles. The van der Waals surface area contributed by atoms with E-state index in [0.29, 0.717) is 11.3 Å². The summed E-state index contributed by atoms with van der Waals surface area (Å²) in [6.45, 7) is 1.88. The van der Waals surface area contributed by atoms with E-state index in [1.54, 1.807) is 36.5 Å². The fraction of sp³-hybridized carbons (Fsp3) is 0.0588. The third-order valence-electron chi connectivity index (χ3n) is 3.27. The number of amides is 1. The number of nitrogens with zero attached hydrogens (tertiary/aromatic N) is 1. The molecule has 4 heteroatoms. The molecule has 0 aliphatic heterocycles. The van der Waals surface area contributed by atoms with Gasteiger partial charge in [-0.1, -0.05) is 12.1 Å². The quantitative estimate of drug-likeness (QED) is 0.705. The van der Waals surface area contributed by atoms with E-state index in [0.717, 1.165) is 16.5 Å². The van der Waals surface area contributed by atoms with Gasteiger partial charge in [0.2, 0.25) is 0 Å². The Bertz CT molecular complexity index is 828. The minimum atomic E-state index is -0.264. The highest BCUT2D eigenvalue weighted by atomic mass is 16.3. The maximum absolute atomic E-state index is 12.3. The van der Waals surface area contributed by atoms with Crippen molar-refractivity contribution in [3.8, 4) is 5.75 Å². The highest BCUT2D eigenvalue weighted by molar-refractivity contribution is 6.06. The van der Waals surface area contributed by atoms with Gasteiger partial charge in [0.25, 0.3) is 5.91 Å². The number of phenolic OH excluding ortho intramolecular Hbond substituents is 1. The number of nitrogens with one attached hydrogen (secondary N) is 1. The Morgan fingerprint density at radius 2 is 2.00 bits per heavy atom. The summed E-state index contributed by atoms with van der Waals surface area (Å²) in [7, 11) is 0. The third-order valence-corrected chi connectivity index (χ3v) is 3.27. The fourth-order valence-corrected chi connectivity index (χ4v) is 2.16. The van der Waals surface area contributed by atoms with Gasteiger partial charge in [-0.15, -0.1) is 0 Å². The monoisotopic (exact) mass is 278 g/mol. The van der Waals surface area contributed by atoms with Gasteiger partial charge in [0.15, 0.2) is 0 Å². The lowest BCUT2D eigenvalue weighted by atomic mass is 10.1. The van der Waals surface area contributed by atoms with Crippen LogP contribution in [0.2, 0.25) is 0 Å². The summed E-state index contributed by atoms with van der Waals surface area (Å²) in [5.41, 5.74) is 2.70. The van der Waals surface area contributed by atoms with Gasteiger partial charge >= 0.3 is 0 Å². The van der Waals surface area contributed by atoms with Crippen molar-refractivity contribution in [3.63, 3.8) is 0 Å². The van der Waals surface area contributed by atoms with E-state index in [2.05, 4.69) is 10.3 Å². The van der Waals surface area contributed by atoms with Crippen molar-refractivity contribution in [1.82, 2.24) is 4.98 Å². The van der Waals surface area contributed by atoms with Crippen LogP contribution in [0.25, 0.3) is 10.9 Å². The average molecular weight is 278 g/mol. The maximum Gasteiger partial charge on any atom is 0.255 e. The van der Waals surface area contributed by atoms with E-state index in [1.165, 1.54) is 0 Å². The van der Waals surface area contributed by atoms with Crippen LogP contribution in [0.1, 0.15) is 15.9 Å². The topological polar surface area (TPSA) is 62.2 Å². The molecule has 1 amide bonds. The van der Waals surface area contributed by atoms with Crippen LogP contribution in [0.5, 0.6) is 5.75 Å². The fourth-order valence-electron chi connectivity index (χ4n) is 2.16. The molecule has 0 saturated heterocycles. The summed E-state index contributed by atoms with van der Waals surface area (Å²) in [5.74, 6) is -0.203. The van der Waals surface area contributed by atoms with Crippen LogP contribution in [-0.2, 0) is 0 Å². The van der Waals surface area contributed by atoms with Crippen molar-refractivity contribution in [2.75, 3.05) is 5.32 Å². The van der Waals surface area contributed by atoms with Gasteiger partial charge in [-0.25, -0.2) is 0 Å². The number of anilines is 1. The van der Waals surface area contributed by atoms with Crippen LogP contribution in [0, 0.1) is 6.92 Å². The van der Waals surface area contributed by atoms with Gasteiger partial charge in [0.1, 0.15) is 5.75 Å². The predicted octanol–water partition coefficient (Wildman–Crippen LogP) is 3.50. The van der Waals surface area contributed by atoms with Gasteiger partial charge in [0.05, 0.1) is 11.2 Å². The summed E-state index contributed by atoms with van der Waals surface area (Å²) in [4.78, 5) is 16.5. The largest absolute Gasteiger partial charge is 0.506 e. The van der Waals surface area contributed by atoms with Crippen LogP contribution >= 0.6 is 0 Å². The van der Waals surface area contributed by atoms with E-state index in [9.17, 15) is 9.90 Å². The molecular weight excluding hydrogens is 264 g/mol. The number of rotatable bonds is 2. The molecule has 0 fully saturated rings. The number of aromatic nitrogens is 1. The Morgan fingerprint density at radius 3 is 2.81 bits per heavy atom. The van der Waals surface area contributed by atoms with Crippen LogP contribution < -0.4 is 5.32 Å². The molecular formula is C17H14N2O2. The molecule has 0 aliphatic carbocycles. The van der Waals surface area contributed by atoms with E-state index in [-0.39, 0.29) is 11.7 Å². The molecule has 2 aromatic carbocycles. The van der Waals surface area contributed by atoms with Crippen molar-refractivity contribution >= 4 is 22.5 Å². The summed E-state index contributed by atoms with van der Waals surface area (Å²) >= 11 is 0. The molecule has 4 nitrogen and oxygen atoms in total. The Morgan fingerprint density at radius 1 is 1.14 bits per heavy atom. The molecule has 0 saturated carbocycles. The zero-order chi connectivity index (χ0) is 14.8. The summed E-state index contributed by atoms with van der Waals surface area (Å²) in [6.07, 6.45) is 1.71. The average Bonchev–Trinajstić information content (AvgIpc) is 2.49. The van der Waals surface area contributed by atoms with Crippen LogP contribution in [0.3, 0.4) is 0 Å². The molecule has 0 radical (unpaired) electrons. The normalized spacial score (nSPS) is 10.5. The molecule has 0 atom stereocenters. The number of aryl methyl sites for hydroxylation is 1. The lowest BCUT2D eigenvalue weighted by molar-refractivity contribution is 0.102. The Labute approximate surface area is 122 Å². The zero-order valence-corrected chi connectivity index (χ0v) is 11.5. The molecule has 2 N–H and O–H groups in total. The van der Waals surface area contributed by atoms with E-state index in [4.69, 9.17) is 0 Å². The first-order chi connectivity index (χ1) is 10.1. The second-order valence-electron chi connectivity index (χ2n) is 4.89. The first kappa shape index (κ1) is 13.1. The SMILES string of the molecule is Cc1ccc(NC(=O)c2ccc3ncccc3c2)c(O)c1. The molecule has 0 unspecified atom stereocenters. The first-order valence-electron chi connectivity index (χ1n) is 6.59. The third kappa shape index (κ3) is 2.69.